The standard InChI is InChI=1S/C15H20FN3/c1-4-12-9-14(19(5-2)18-12)15(17)13-8-11(16)7-6-10(13)3/h6-9,15H,4-5,17H2,1-3H3. The third kappa shape index (κ3) is 2.68. The molecule has 0 spiro atoms. The molecule has 3 nitrogen and oxygen atoms in total. The van der Waals surface area contributed by atoms with Crippen molar-refractivity contribution >= 4 is 0 Å². The van der Waals surface area contributed by atoms with Gasteiger partial charge in [0.2, 0.25) is 0 Å². The van der Waals surface area contributed by atoms with Crippen molar-refractivity contribution in [2.75, 3.05) is 0 Å². The Kier molecular flexibility index (Phi) is 4.00. The summed E-state index contributed by atoms with van der Waals surface area (Å²) in [6.45, 7) is 6.80. The number of hydrogen-bond donors (Lipinski definition) is 1. The molecule has 1 aromatic heterocycles. The van der Waals surface area contributed by atoms with Crippen molar-refractivity contribution < 1.29 is 4.39 Å². The fourth-order valence-electron chi connectivity index (χ4n) is 2.27. The Morgan fingerprint density at radius 2 is 2.05 bits per heavy atom. The summed E-state index contributed by atoms with van der Waals surface area (Å²) in [7, 11) is 0. The van der Waals surface area contributed by atoms with Gasteiger partial charge in [-0.2, -0.15) is 5.10 Å². The van der Waals surface area contributed by atoms with Crippen LogP contribution in [0.25, 0.3) is 0 Å². The molecule has 0 radical (unpaired) electrons. The van der Waals surface area contributed by atoms with Gasteiger partial charge < -0.3 is 5.73 Å². The summed E-state index contributed by atoms with van der Waals surface area (Å²) in [6, 6.07) is 6.40. The van der Waals surface area contributed by atoms with Gasteiger partial charge >= 0.3 is 0 Å². The maximum Gasteiger partial charge on any atom is 0.123 e. The minimum Gasteiger partial charge on any atom is -0.319 e. The van der Waals surface area contributed by atoms with E-state index in [-0.39, 0.29) is 11.9 Å². The zero-order valence-electron chi connectivity index (χ0n) is 11.7. The van der Waals surface area contributed by atoms with Gasteiger partial charge in [-0.05, 0) is 49.6 Å². The number of benzene rings is 1. The molecule has 1 aromatic carbocycles. The van der Waals surface area contributed by atoms with Crippen LogP contribution in [0.5, 0.6) is 0 Å². The van der Waals surface area contributed by atoms with Crippen LogP contribution in [0.3, 0.4) is 0 Å². The lowest BCUT2D eigenvalue weighted by atomic mass is 9.99. The van der Waals surface area contributed by atoms with Crippen LogP contribution >= 0.6 is 0 Å². The van der Waals surface area contributed by atoms with Gasteiger partial charge in [0.1, 0.15) is 5.82 Å². The van der Waals surface area contributed by atoms with Gasteiger partial charge in [0.05, 0.1) is 17.4 Å². The van der Waals surface area contributed by atoms with E-state index >= 15 is 0 Å². The number of rotatable bonds is 4. The molecule has 0 aliphatic heterocycles. The van der Waals surface area contributed by atoms with Gasteiger partial charge in [-0.25, -0.2) is 4.39 Å². The average molecular weight is 261 g/mol. The van der Waals surface area contributed by atoms with Gasteiger partial charge in [0, 0.05) is 6.54 Å². The van der Waals surface area contributed by atoms with Crippen molar-refractivity contribution in [2.24, 2.45) is 5.73 Å². The summed E-state index contributed by atoms with van der Waals surface area (Å²) >= 11 is 0. The third-order valence-electron chi connectivity index (χ3n) is 3.42. The van der Waals surface area contributed by atoms with Crippen LogP contribution in [0, 0.1) is 12.7 Å². The van der Waals surface area contributed by atoms with Crippen molar-refractivity contribution in [1.82, 2.24) is 9.78 Å². The molecular formula is C15H20FN3. The molecule has 4 heteroatoms. The Labute approximate surface area is 113 Å². The number of aryl methyl sites for hydroxylation is 3. The SMILES string of the molecule is CCc1cc(C(N)c2cc(F)ccc2C)n(CC)n1. The molecule has 0 amide bonds. The monoisotopic (exact) mass is 261 g/mol. The van der Waals surface area contributed by atoms with Crippen LogP contribution in [-0.4, -0.2) is 9.78 Å². The molecule has 2 rings (SSSR count). The maximum absolute atomic E-state index is 13.4. The highest BCUT2D eigenvalue weighted by Gasteiger charge is 2.17. The minimum atomic E-state index is -0.344. The van der Waals surface area contributed by atoms with Crippen molar-refractivity contribution in [2.45, 2.75) is 39.8 Å². The molecule has 0 fully saturated rings. The summed E-state index contributed by atoms with van der Waals surface area (Å²) in [6.07, 6.45) is 0.870. The van der Waals surface area contributed by atoms with Crippen molar-refractivity contribution in [3.8, 4) is 0 Å². The molecule has 1 unspecified atom stereocenters. The number of hydrogen-bond acceptors (Lipinski definition) is 2. The quantitative estimate of drug-likeness (QED) is 0.919. The fourth-order valence-corrected chi connectivity index (χ4v) is 2.27. The molecule has 1 atom stereocenters. The molecular weight excluding hydrogens is 241 g/mol. The van der Waals surface area contributed by atoms with Crippen molar-refractivity contribution in [3.05, 3.63) is 52.6 Å². The smallest absolute Gasteiger partial charge is 0.123 e. The largest absolute Gasteiger partial charge is 0.319 e. The Bertz CT molecular complexity index is 575. The summed E-state index contributed by atoms with van der Waals surface area (Å²) < 4.78 is 15.3. The van der Waals surface area contributed by atoms with E-state index in [0.29, 0.717) is 0 Å². The first-order valence-corrected chi connectivity index (χ1v) is 6.65. The van der Waals surface area contributed by atoms with Gasteiger partial charge in [-0.1, -0.05) is 13.0 Å². The Morgan fingerprint density at radius 1 is 1.32 bits per heavy atom. The predicted octanol–water partition coefficient (Wildman–Crippen LogP) is 2.96. The number of nitrogens with zero attached hydrogens (tertiary/aromatic N) is 2. The first-order chi connectivity index (χ1) is 9.06. The summed E-state index contributed by atoms with van der Waals surface area (Å²) in [5.41, 5.74) is 10.1. The number of aromatic nitrogens is 2. The van der Waals surface area contributed by atoms with E-state index in [0.717, 1.165) is 35.5 Å². The van der Waals surface area contributed by atoms with Crippen LogP contribution in [0.1, 0.15) is 42.4 Å². The summed E-state index contributed by atoms with van der Waals surface area (Å²) in [5, 5.41) is 4.49. The van der Waals surface area contributed by atoms with E-state index < -0.39 is 0 Å². The van der Waals surface area contributed by atoms with Crippen molar-refractivity contribution in [3.63, 3.8) is 0 Å². The minimum absolute atomic E-state index is 0.255. The molecule has 19 heavy (non-hydrogen) atoms. The second-order valence-corrected chi connectivity index (χ2v) is 4.71. The first-order valence-electron chi connectivity index (χ1n) is 6.65. The van der Waals surface area contributed by atoms with Gasteiger partial charge in [-0.3, -0.25) is 4.68 Å². The van der Waals surface area contributed by atoms with Crippen LogP contribution in [0.2, 0.25) is 0 Å². The lowest BCUT2D eigenvalue weighted by Crippen LogP contribution is -2.18. The topological polar surface area (TPSA) is 43.8 Å². The van der Waals surface area contributed by atoms with Crippen LogP contribution in [0.4, 0.5) is 4.39 Å². The Balaban J connectivity index is 2.45. The Morgan fingerprint density at radius 3 is 2.68 bits per heavy atom. The highest BCUT2D eigenvalue weighted by Crippen LogP contribution is 2.24. The van der Waals surface area contributed by atoms with Crippen LogP contribution < -0.4 is 5.73 Å². The van der Waals surface area contributed by atoms with Gasteiger partial charge in [0.25, 0.3) is 0 Å². The zero-order valence-corrected chi connectivity index (χ0v) is 11.7. The molecule has 2 N–H and O–H groups in total. The van der Waals surface area contributed by atoms with Crippen LogP contribution in [0.15, 0.2) is 24.3 Å². The molecule has 0 aliphatic rings. The van der Waals surface area contributed by atoms with Crippen molar-refractivity contribution in [1.29, 1.82) is 0 Å². The third-order valence-corrected chi connectivity index (χ3v) is 3.42. The van der Waals surface area contributed by atoms with Gasteiger partial charge in [0.15, 0.2) is 0 Å². The molecule has 1 heterocycles. The van der Waals surface area contributed by atoms with E-state index in [9.17, 15) is 4.39 Å². The summed E-state index contributed by atoms with van der Waals surface area (Å²) in [4.78, 5) is 0. The molecule has 0 saturated heterocycles. The lowest BCUT2D eigenvalue weighted by molar-refractivity contribution is 0.588. The highest BCUT2D eigenvalue weighted by atomic mass is 19.1. The van der Waals surface area contributed by atoms with Gasteiger partial charge in [-0.15, -0.1) is 0 Å². The Hall–Kier alpha value is -1.68. The van der Waals surface area contributed by atoms with Crippen LogP contribution in [-0.2, 0) is 13.0 Å². The first kappa shape index (κ1) is 13.7. The number of nitrogens with two attached hydrogens (primary N) is 1. The van der Waals surface area contributed by atoms with E-state index in [2.05, 4.69) is 12.0 Å². The van der Waals surface area contributed by atoms with E-state index in [4.69, 9.17) is 5.73 Å². The van der Waals surface area contributed by atoms with E-state index in [1.807, 2.05) is 24.6 Å². The highest BCUT2D eigenvalue weighted by molar-refractivity contribution is 5.35. The second-order valence-electron chi connectivity index (χ2n) is 4.71. The van der Waals surface area contributed by atoms with E-state index in [1.165, 1.54) is 12.1 Å². The molecule has 0 aliphatic carbocycles. The molecule has 102 valence electrons. The summed E-state index contributed by atoms with van der Waals surface area (Å²) in [5.74, 6) is -0.255. The fraction of sp³-hybridized carbons (Fsp3) is 0.400. The normalized spacial score (nSPS) is 12.7. The molecule has 0 bridgehead atoms. The lowest BCUT2D eigenvalue weighted by Gasteiger charge is -2.16. The molecule has 0 saturated carbocycles. The number of halogens is 1. The predicted molar refractivity (Wildman–Crippen MR) is 74.4 cm³/mol. The second kappa shape index (κ2) is 5.53. The molecule has 2 aromatic rings. The maximum atomic E-state index is 13.4. The average Bonchev–Trinajstić information content (AvgIpc) is 2.84. The zero-order chi connectivity index (χ0) is 14.0. The van der Waals surface area contributed by atoms with E-state index in [1.54, 1.807) is 6.07 Å².